The number of hydrogen-bond donors (Lipinski definition) is 1. The first-order valence-electron chi connectivity index (χ1n) is 6.37. The molecule has 0 aliphatic carbocycles. The first-order valence-corrected chi connectivity index (χ1v) is 6.37. The first-order chi connectivity index (χ1) is 9.49. The molecule has 2 aromatic rings. The van der Waals surface area contributed by atoms with Gasteiger partial charge in [0.15, 0.2) is 6.23 Å². The van der Waals surface area contributed by atoms with E-state index in [2.05, 4.69) is 0 Å². The van der Waals surface area contributed by atoms with Crippen molar-refractivity contribution in [1.82, 2.24) is 0 Å². The fourth-order valence-electron chi connectivity index (χ4n) is 2.48. The number of aliphatic hydroxyl groups is 1. The van der Waals surface area contributed by atoms with Gasteiger partial charge in [-0.2, -0.15) is 0 Å². The number of aliphatic hydroxyl groups excluding tert-OH is 1. The Hall–Kier alpha value is -2.20. The molecule has 0 aromatic heterocycles. The van der Waals surface area contributed by atoms with E-state index in [1.165, 1.54) is 29.2 Å². The standard InChI is InChI=1S/C16H14FNO2/c1-9-7-13-14(8-10(9)2)16(20)18(15(13)19)12-5-3-11(17)4-6-12/h3-8,15,19H,1-2H3. The van der Waals surface area contributed by atoms with E-state index in [1.54, 1.807) is 6.07 Å². The summed E-state index contributed by atoms with van der Waals surface area (Å²) in [4.78, 5) is 13.7. The SMILES string of the molecule is Cc1cc2c(cc1C)C(O)N(c1ccc(F)cc1)C2=O. The quantitative estimate of drug-likeness (QED) is 0.865. The normalized spacial score (nSPS) is 17.5. The van der Waals surface area contributed by atoms with Crippen molar-refractivity contribution in [1.29, 1.82) is 0 Å². The number of anilines is 1. The number of fused-ring (bicyclic) bond motifs is 1. The molecule has 4 heteroatoms. The van der Waals surface area contributed by atoms with E-state index in [4.69, 9.17) is 0 Å². The predicted molar refractivity (Wildman–Crippen MR) is 74.1 cm³/mol. The third-order valence-corrected chi connectivity index (χ3v) is 3.74. The average Bonchev–Trinajstić information content (AvgIpc) is 2.65. The van der Waals surface area contributed by atoms with Gasteiger partial charge in [0, 0.05) is 16.8 Å². The van der Waals surface area contributed by atoms with E-state index in [0.29, 0.717) is 16.8 Å². The molecule has 1 aliphatic heterocycles. The highest BCUT2D eigenvalue weighted by Crippen LogP contribution is 2.37. The molecule has 20 heavy (non-hydrogen) atoms. The lowest BCUT2D eigenvalue weighted by molar-refractivity contribution is 0.0935. The van der Waals surface area contributed by atoms with Crippen molar-refractivity contribution in [3.8, 4) is 0 Å². The molecule has 0 spiro atoms. The Morgan fingerprint density at radius 2 is 1.70 bits per heavy atom. The molecule has 1 aliphatic rings. The Bertz CT molecular complexity index is 694. The maximum Gasteiger partial charge on any atom is 0.261 e. The highest BCUT2D eigenvalue weighted by molar-refractivity contribution is 6.10. The van der Waals surface area contributed by atoms with Crippen LogP contribution < -0.4 is 4.90 Å². The lowest BCUT2D eigenvalue weighted by Crippen LogP contribution is -2.27. The third kappa shape index (κ3) is 1.80. The summed E-state index contributed by atoms with van der Waals surface area (Å²) in [6.07, 6.45) is -1.03. The fraction of sp³-hybridized carbons (Fsp3) is 0.188. The van der Waals surface area contributed by atoms with Gasteiger partial charge in [0.05, 0.1) is 0 Å². The Kier molecular flexibility index (Phi) is 2.83. The summed E-state index contributed by atoms with van der Waals surface area (Å²) in [6, 6.07) is 9.14. The lowest BCUT2D eigenvalue weighted by Gasteiger charge is -2.20. The summed E-state index contributed by atoms with van der Waals surface area (Å²) < 4.78 is 13.0. The monoisotopic (exact) mass is 271 g/mol. The van der Waals surface area contributed by atoms with Crippen molar-refractivity contribution in [2.75, 3.05) is 4.90 Å². The van der Waals surface area contributed by atoms with E-state index in [0.717, 1.165) is 11.1 Å². The molecular formula is C16H14FNO2. The molecule has 1 N–H and O–H groups in total. The lowest BCUT2D eigenvalue weighted by atomic mass is 10.0. The predicted octanol–water partition coefficient (Wildman–Crippen LogP) is 3.09. The molecule has 1 amide bonds. The van der Waals surface area contributed by atoms with Crippen LogP contribution in [0, 0.1) is 19.7 Å². The highest BCUT2D eigenvalue weighted by atomic mass is 19.1. The Morgan fingerprint density at radius 1 is 1.10 bits per heavy atom. The molecular weight excluding hydrogens is 257 g/mol. The van der Waals surface area contributed by atoms with E-state index < -0.39 is 6.23 Å². The van der Waals surface area contributed by atoms with Gasteiger partial charge in [0.1, 0.15) is 5.82 Å². The van der Waals surface area contributed by atoms with Gasteiger partial charge in [0.2, 0.25) is 0 Å². The van der Waals surface area contributed by atoms with Crippen LogP contribution in [0.25, 0.3) is 0 Å². The number of carbonyl (C=O) groups is 1. The second-order valence-corrected chi connectivity index (χ2v) is 5.05. The fourth-order valence-corrected chi connectivity index (χ4v) is 2.48. The molecule has 1 unspecified atom stereocenters. The molecule has 2 aromatic carbocycles. The van der Waals surface area contributed by atoms with Gasteiger partial charge in [-0.25, -0.2) is 4.39 Å². The summed E-state index contributed by atoms with van der Waals surface area (Å²) in [5, 5.41) is 10.4. The topological polar surface area (TPSA) is 40.5 Å². The average molecular weight is 271 g/mol. The van der Waals surface area contributed by atoms with Gasteiger partial charge < -0.3 is 5.11 Å². The maximum absolute atomic E-state index is 13.0. The van der Waals surface area contributed by atoms with Crippen LogP contribution in [-0.2, 0) is 0 Å². The van der Waals surface area contributed by atoms with Crippen LogP contribution in [0.1, 0.15) is 33.3 Å². The minimum atomic E-state index is -1.03. The molecule has 1 atom stereocenters. The minimum absolute atomic E-state index is 0.262. The molecule has 0 fully saturated rings. The molecule has 0 saturated heterocycles. The first kappa shape index (κ1) is 12.8. The second-order valence-electron chi connectivity index (χ2n) is 5.05. The summed E-state index contributed by atoms with van der Waals surface area (Å²) >= 11 is 0. The van der Waals surface area contributed by atoms with E-state index in [-0.39, 0.29) is 11.7 Å². The number of aryl methyl sites for hydroxylation is 2. The van der Waals surface area contributed by atoms with Gasteiger partial charge >= 0.3 is 0 Å². The van der Waals surface area contributed by atoms with Crippen molar-refractivity contribution in [3.05, 3.63) is 64.5 Å². The maximum atomic E-state index is 13.0. The van der Waals surface area contributed by atoms with Crippen LogP contribution in [0.4, 0.5) is 10.1 Å². The molecule has 102 valence electrons. The van der Waals surface area contributed by atoms with Crippen LogP contribution in [0.5, 0.6) is 0 Å². The van der Waals surface area contributed by atoms with Gasteiger partial charge in [-0.1, -0.05) is 6.07 Å². The number of carbonyl (C=O) groups excluding carboxylic acids is 1. The van der Waals surface area contributed by atoms with Crippen molar-refractivity contribution in [2.24, 2.45) is 0 Å². The van der Waals surface area contributed by atoms with Crippen LogP contribution in [-0.4, -0.2) is 11.0 Å². The molecule has 0 saturated carbocycles. The molecule has 0 radical (unpaired) electrons. The number of rotatable bonds is 1. The van der Waals surface area contributed by atoms with Gasteiger partial charge in [-0.15, -0.1) is 0 Å². The Balaban J connectivity index is 2.09. The number of benzene rings is 2. The van der Waals surface area contributed by atoms with E-state index in [1.807, 2.05) is 19.9 Å². The summed E-state index contributed by atoms with van der Waals surface area (Å²) in [5.74, 6) is -0.638. The van der Waals surface area contributed by atoms with Crippen molar-refractivity contribution in [3.63, 3.8) is 0 Å². The number of nitrogens with zero attached hydrogens (tertiary/aromatic N) is 1. The Labute approximate surface area is 116 Å². The molecule has 1 heterocycles. The summed E-state index contributed by atoms with van der Waals surface area (Å²) in [7, 11) is 0. The zero-order chi connectivity index (χ0) is 14.4. The second kappa shape index (κ2) is 4.42. The Morgan fingerprint density at radius 3 is 2.35 bits per heavy atom. The van der Waals surface area contributed by atoms with Crippen LogP contribution >= 0.6 is 0 Å². The van der Waals surface area contributed by atoms with Crippen molar-refractivity contribution in [2.45, 2.75) is 20.1 Å². The van der Waals surface area contributed by atoms with Gasteiger partial charge in [-0.3, -0.25) is 9.69 Å². The zero-order valence-electron chi connectivity index (χ0n) is 11.2. The third-order valence-electron chi connectivity index (χ3n) is 3.74. The van der Waals surface area contributed by atoms with Crippen molar-refractivity contribution < 1.29 is 14.3 Å². The number of amides is 1. The minimum Gasteiger partial charge on any atom is -0.369 e. The largest absolute Gasteiger partial charge is 0.369 e. The van der Waals surface area contributed by atoms with E-state index in [9.17, 15) is 14.3 Å². The van der Waals surface area contributed by atoms with E-state index >= 15 is 0 Å². The molecule has 0 bridgehead atoms. The smallest absolute Gasteiger partial charge is 0.261 e. The van der Waals surface area contributed by atoms with Crippen LogP contribution in [0.3, 0.4) is 0 Å². The van der Waals surface area contributed by atoms with Crippen LogP contribution in [0.15, 0.2) is 36.4 Å². The van der Waals surface area contributed by atoms with Crippen molar-refractivity contribution >= 4 is 11.6 Å². The molecule has 3 nitrogen and oxygen atoms in total. The zero-order valence-corrected chi connectivity index (χ0v) is 11.2. The number of hydrogen-bond acceptors (Lipinski definition) is 2. The van der Waals surface area contributed by atoms with Gasteiger partial charge in [0.25, 0.3) is 5.91 Å². The highest BCUT2D eigenvalue weighted by Gasteiger charge is 2.36. The number of halogens is 1. The summed E-state index contributed by atoms with van der Waals surface area (Å²) in [6.45, 7) is 3.86. The van der Waals surface area contributed by atoms with Gasteiger partial charge in [-0.05, 0) is 55.3 Å². The molecule has 3 rings (SSSR count). The summed E-state index contributed by atoms with van der Waals surface area (Å²) in [5.41, 5.74) is 3.62. The van der Waals surface area contributed by atoms with Crippen LogP contribution in [0.2, 0.25) is 0 Å².